The van der Waals surface area contributed by atoms with Gasteiger partial charge in [-0.25, -0.2) is 8.42 Å². The Balaban J connectivity index is 2.07. The van der Waals surface area contributed by atoms with Crippen molar-refractivity contribution >= 4 is 27.5 Å². The van der Waals surface area contributed by atoms with E-state index in [9.17, 15) is 18.0 Å². The summed E-state index contributed by atoms with van der Waals surface area (Å²) < 4.78 is 29.0. The van der Waals surface area contributed by atoms with E-state index in [0.29, 0.717) is 5.69 Å². The standard InChI is InChI=1S/C31H39N3O4S/c1-7-24(4)32-31(36)26(6)33(20-27-16-12-11-14-23(27)3)30(35)21-34(29-19-13-15-22(2)25(29)5)39(37,38)28-17-9-8-10-18-28/h8-19,24,26H,7,20-21H2,1-6H3,(H,32,36). The summed E-state index contributed by atoms with van der Waals surface area (Å²) in [7, 11) is -4.09. The SMILES string of the molecule is CCC(C)NC(=O)C(C)N(Cc1ccccc1C)C(=O)CN(c1cccc(C)c1C)S(=O)(=O)c1ccccc1. The zero-order chi connectivity index (χ0) is 28.7. The van der Waals surface area contributed by atoms with Gasteiger partial charge in [0.05, 0.1) is 10.6 Å². The van der Waals surface area contributed by atoms with Crippen LogP contribution in [0, 0.1) is 20.8 Å². The summed E-state index contributed by atoms with van der Waals surface area (Å²) in [4.78, 5) is 28.8. The number of sulfonamides is 1. The molecule has 3 rings (SSSR count). The molecule has 0 saturated heterocycles. The minimum absolute atomic E-state index is 0.0553. The number of hydrogen-bond acceptors (Lipinski definition) is 4. The lowest BCUT2D eigenvalue weighted by atomic mass is 10.1. The molecule has 0 heterocycles. The van der Waals surface area contributed by atoms with E-state index >= 15 is 0 Å². The molecular formula is C31H39N3O4S. The number of amides is 2. The average Bonchev–Trinajstić information content (AvgIpc) is 2.92. The summed E-state index contributed by atoms with van der Waals surface area (Å²) in [6.07, 6.45) is 0.750. The number of hydrogen-bond donors (Lipinski definition) is 1. The first kappa shape index (κ1) is 29.9. The van der Waals surface area contributed by atoms with Crippen LogP contribution < -0.4 is 9.62 Å². The van der Waals surface area contributed by atoms with Crippen LogP contribution in [-0.4, -0.2) is 43.8 Å². The summed E-state index contributed by atoms with van der Waals surface area (Å²) in [5.41, 5.74) is 3.97. The number of carbonyl (C=O) groups is 2. The minimum Gasteiger partial charge on any atom is -0.352 e. The first-order valence-electron chi connectivity index (χ1n) is 13.3. The highest BCUT2D eigenvalue weighted by Crippen LogP contribution is 2.29. The lowest BCUT2D eigenvalue weighted by Gasteiger charge is -2.33. The van der Waals surface area contributed by atoms with Crippen LogP contribution in [0.1, 0.15) is 49.4 Å². The molecule has 3 aromatic carbocycles. The van der Waals surface area contributed by atoms with E-state index in [-0.39, 0.29) is 23.4 Å². The first-order valence-corrected chi connectivity index (χ1v) is 14.7. The lowest BCUT2D eigenvalue weighted by molar-refractivity contribution is -0.139. The molecule has 8 heteroatoms. The third kappa shape index (κ3) is 7.06. The van der Waals surface area contributed by atoms with Crippen molar-refractivity contribution in [3.05, 3.63) is 95.1 Å². The molecule has 0 radical (unpaired) electrons. The van der Waals surface area contributed by atoms with Gasteiger partial charge in [0.25, 0.3) is 10.0 Å². The highest BCUT2D eigenvalue weighted by Gasteiger charge is 2.33. The van der Waals surface area contributed by atoms with Crippen molar-refractivity contribution in [1.82, 2.24) is 10.2 Å². The van der Waals surface area contributed by atoms with Crippen molar-refractivity contribution < 1.29 is 18.0 Å². The molecule has 39 heavy (non-hydrogen) atoms. The van der Waals surface area contributed by atoms with Crippen LogP contribution in [0.3, 0.4) is 0 Å². The van der Waals surface area contributed by atoms with Gasteiger partial charge in [0.2, 0.25) is 11.8 Å². The molecule has 2 atom stereocenters. The molecule has 0 aliphatic carbocycles. The van der Waals surface area contributed by atoms with Crippen molar-refractivity contribution in [3.63, 3.8) is 0 Å². The molecule has 0 aromatic heterocycles. The molecule has 0 spiro atoms. The quantitative estimate of drug-likeness (QED) is 0.359. The van der Waals surface area contributed by atoms with Crippen molar-refractivity contribution in [1.29, 1.82) is 0 Å². The molecule has 7 nitrogen and oxygen atoms in total. The molecule has 3 aromatic rings. The number of benzene rings is 3. The van der Waals surface area contributed by atoms with Gasteiger partial charge in [0.15, 0.2) is 0 Å². The smallest absolute Gasteiger partial charge is 0.264 e. The van der Waals surface area contributed by atoms with E-state index < -0.39 is 28.5 Å². The molecular weight excluding hydrogens is 510 g/mol. The highest BCUT2D eigenvalue weighted by atomic mass is 32.2. The molecule has 1 N–H and O–H groups in total. The Morgan fingerprint density at radius 3 is 2.10 bits per heavy atom. The summed E-state index contributed by atoms with van der Waals surface area (Å²) in [6, 6.07) is 20.3. The van der Waals surface area contributed by atoms with E-state index in [1.54, 1.807) is 37.3 Å². The van der Waals surface area contributed by atoms with Crippen LogP contribution in [0.4, 0.5) is 5.69 Å². The fourth-order valence-corrected chi connectivity index (χ4v) is 5.75. The van der Waals surface area contributed by atoms with Gasteiger partial charge in [0, 0.05) is 12.6 Å². The van der Waals surface area contributed by atoms with Crippen LogP contribution in [0.2, 0.25) is 0 Å². The summed E-state index contributed by atoms with van der Waals surface area (Å²) in [6.45, 7) is 11.0. The van der Waals surface area contributed by atoms with Crippen LogP contribution in [0.5, 0.6) is 0 Å². The van der Waals surface area contributed by atoms with Crippen LogP contribution in [0.15, 0.2) is 77.7 Å². The molecule has 0 aliphatic rings. The van der Waals surface area contributed by atoms with Gasteiger partial charge in [-0.05, 0) is 81.5 Å². The Morgan fingerprint density at radius 1 is 0.846 bits per heavy atom. The maximum Gasteiger partial charge on any atom is 0.264 e. The number of nitrogens with one attached hydrogen (secondary N) is 1. The number of nitrogens with zero attached hydrogens (tertiary/aromatic N) is 2. The molecule has 0 saturated carbocycles. The van der Waals surface area contributed by atoms with Crippen LogP contribution in [-0.2, 0) is 26.2 Å². The van der Waals surface area contributed by atoms with Crippen LogP contribution >= 0.6 is 0 Å². The van der Waals surface area contributed by atoms with Crippen molar-refractivity contribution in [3.8, 4) is 0 Å². The van der Waals surface area contributed by atoms with Crippen molar-refractivity contribution in [2.45, 2.75) is 71.5 Å². The van der Waals surface area contributed by atoms with Gasteiger partial charge >= 0.3 is 0 Å². The van der Waals surface area contributed by atoms with Gasteiger partial charge in [-0.15, -0.1) is 0 Å². The second-order valence-corrected chi connectivity index (χ2v) is 11.8. The zero-order valence-corrected chi connectivity index (χ0v) is 24.5. The lowest BCUT2D eigenvalue weighted by Crippen LogP contribution is -2.52. The van der Waals surface area contributed by atoms with E-state index in [0.717, 1.165) is 33.0 Å². The Bertz CT molecular complexity index is 1410. The van der Waals surface area contributed by atoms with Crippen molar-refractivity contribution in [2.24, 2.45) is 0 Å². The Hall–Kier alpha value is -3.65. The van der Waals surface area contributed by atoms with E-state index in [2.05, 4.69) is 5.32 Å². The monoisotopic (exact) mass is 549 g/mol. The van der Waals surface area contributed by atoms with Gasteiger partial charge in [-0.3, -0.25) is 13.9 Å². The third-order valence-electron chi connectivity index (χ3n) is 7.23. The third-order valence-corrected chi connectivity index (χ3v) is 9.00. The molecule has 0 fully saturated rings. The number of rotatable bonds is 11. The zero-order valence-electron chi connectivity index (χ0n) is 23.6. The van der Waals surface area contributed by atoms with Crippen molar-refractivity contribution in [2.75, 3.05) is 10.8 Å². The maximum atomic E-state index is 14.1. The second kappa shape index (κ2) is 12.9. The molecule has 2 unspecified atom stereocenters. The Kier molecular flexibility index (Phi) is 9.92. The van der Waals surface area contributed by atoms with Crippen LogP contribution in [0.25, 0.3) is 0 Å². The average molecular weight is 550 g/mol. The van der Waals surface area contributed by atoms with Gasteiger partial charge in [0.1, 0.15) is 12.6 Å². The second-order valence-electron chi connectivity index (χ2n) is 9.99. The number of carbonyl (C=O) groups excluding carboxylic acids is 2. The number of aryl methyl sites for hydroxylation is 2. The minimum atomic E-state index is -4.09. The molecule has 0 aliphatic heterocycles. The van der Waals surface area contributed by atoms with E-state index in [1.807, 2.05) is 65.0 Å². The summed E-state index contributed by atoms with van der Waals surface area (Å²) in [5, 5.41) is 2.96. The summed E-state index contributed by atoms with van der Waals surface area (Å²) >= 11 is 0. The fourth-order valence-electron chi connectivity index (χ4n) is 4.26. The van der Waals surface area contributed by atoms with Gasteiger partial charge in [-0.1, -0.05) is 61.5 Å². The predicted octanol–water partition coefficient (Wildman–Crippen LogP) is 5.14. The summed E-state index contributed by atoms with van der Waals surface area (Å²) in [5.74, 6) is -0.749. The normalized spacial score (nSPS) is 12.9. The highest BCUT2D eigenvalue weighted by molar-refractivity contribution is 7.92. The topological polar surface area (TPSA) is 86.8 Å². The largest absolute Gasteiger partial charge is 0.352 e. The maximum absolute atomic E-state index is 14.1. The molecule has 2 amide bonds. The van der Waals surface area contributed by atoms with Gasteiger partial charge < -0.3 is 10.2 Å². The fraction of sp³-hybridized carbons (Fsp3) is 0.355. The predicted molar refractivity (Wildman–Crippen MR) is 156 cm³/mol. The molecule has 208 valence electrons. The Morgan fingerprint density at radius 2 is 1.46 bits per heavy atom. The van der Waals surface area contributed by atoms with Gasteiger partial charge in [-0.2, -0.15) is 0 Å². The van der Waals surface area contributed by atoms with E-state index in [4.69, 9.17) is 0 Å². The van der Waals surface area contributed by atoms with E-state index in [1.165, 1.54) is 17.0 Å². The molecule has 0 bridgehead atoms. The number of anilines is 1. The Labute approximate surface area is 232 Å². The first-order chi connectivity index (χ1) is 18.5.